The summed E-state index contributed by atoms with van der Waals surface area (Å²) in [6, 6.07) is 24.3. The number of H-pyrrole nitrogens is 1. The summed E-state index contributed by atoms with van der Waals surface area (Å²) in [5.41, 5.74) is -3.01. The summed E-state index contributed by atoms with van der Waals surface area (Å²) < 4.78 is 24.2. The van der Waals surface area contributed by atoms with Gasteiger partial charge in [-0.3, -0.25) is 9.78 Å². The smallest absolute Gasteiger partial charge is 0.347 e. The number of rotatable bonds is 8. The van der Waals surface area contributed by atoms with E-state index in [0.717, 1.165) is 10.9 Å². The second kappa shape index (κ2) is 12.0. The minimum absolute atomic E-state index is 0.173. The van der Waals surface area contributed by atoms with Crippen LogP contribution in [0.3, 0.4) is 0 Å². The number of hydrogen-bond acceptors (Lipinski definition) is 10. The van der Waals surface area contributed by atoms with Crippen molar-refractivity contribution < 1.29 is 33.3 Å². The normalized spacial score (nSPS) is 21.3. The first-order valence-corrected chi connectivity index (χ1v) is 12.9. The Hall–Kier alpha value is -5.36. The number of carbonyl (C=O) groups excluding carboxylic acids is 3. The summed E-state index contributed by atoms with van der Waals surface area (Å²) in [5.74, 6) is -2.28. The van der Waals surface area contributed by atoms with Gasteiger partial charge in [-0.15, -0.1) is 0 Å². The van der Waals surface area contributed by atoms with Gasteiger partial charge in [-0.1, -0.05) is 54.6 Å². The standard InChI is InChI=1S/C30H25N3O9/c1-30(42-27(37)21-15-9-4-10-16-21)24(41-26(36)20-13-7-3-8-14-20)22(18-39-25(35)19-11-5-2-6-12-19)40-28(30)33-29(38)32-23(34)17-31-33/h2-17,22,24,28H,18H2,1H3,(H,32,34,38)/t22-,24-,28-,30-/m1/s1. The van der Waals surface area contributed by atoms with E-state index in [1.165, 1.54) is 31.2 Å². The summed E-state index contributed by atoms with van der Waals surface area (Å²) >= 11 is 0. The molecular formula is C30H25N3O9. The number of aromatic amines is 1. The van der Waals surface area contributed by atoms with Crippen LogP contribution < -0.4 is 11.2 Å². The van der Waals surface area contributed by atoms with E-state index in [1.54, 1.807) is 66.7 Å². The van der Waals surface area contributed by atoms with Crippen molar-refractivity contribution in [3.63, 3.8) is 0 Å². The Bertz CT molecular complexity index is 1690. The van der Waals surface area contributed by atoms with E-state index in [0.29, 0.717) is 0 Å². The summed E-state index contributed by atoms with van der Waals surface area (Å²) in [6.07, 6.45) is -3.31. The fraction of sp³-hybridized carbons (Fsp3) is 0.200. The van der Waals surface area contributed by atoms with Gasteiger partial charge in [0.2, 0.25) is 0 Å². The highest BCUT2D eigenvalue weighted by atomic mass is 16.7. The van der Waals surface area contributed by atoms with E-state index in [-0.39, 0.29) is 16.7 Å². The number of hydrogen-bond donors (Lipinski definition) is 1. The van der Waals surface area contributed by atoms with Crippen molar-refractivity contribution in [3.05, 3.63) is 135 Å². The van der Waals surface area contributed by atoms with E-state index >= 15 is 0 Å². The lowest BCUT2D eigenvalue weighted by atomic mass is 9.95. The van der Waals surface area contributed by atoms with E-state index < -0.39 is 59.8 Å². The zero-order valence-corrected chi connectivity index (χ0v) is 22.2. The molecule has 0 aliphatic carbocycles. The Morgan fingerprint density at radius 3 is 1.90 bits per heavy atom. The molecule has 2 heterocycles. The van der Waals surface area contributed by atoms with E-state index in [1.807, 2.05) is 0 Å². The lowest BCUT2D eigenvalue weighted by Gasteiger charge is -2.34. The highest BCUT2D eigenvalue weighted by Crippen LogP contribution is 2.43. The van der Waals surface area contributed by atoms with Gasteiger partial charge < -0.3 is 18.9 Å². The predicted octanol–water partition coefficient (Wildman–Crippen LogP) is 2.53. The SMILES string of the molecule is C[C@@]1(OC(=O)c2ccccc2)[C@H](OC(=O)c2ccccc2)[C@@H](COC(=O)c2ccccc2)O[C@H]1n1ncc(=O)[nH]c1=O. The van der Waals surface area contributed by atoms with Crippen LogP contribution in [0.4, 0.5) is 0 Å². The molecule has 0 bridgehead atoms. The molecule has 0 radical (unpaired) electrons. The monoisotopic (exact) mass is 571 g/mol. The number of ether oxygens (including phenoxy) is 4. The first kappa shape index (κ1) is 28.2. The van der Waals surface area contributed by atoms with Gasteiger partial charge in [0.1, 0.15) is 18.9 Å². The molecule has 0 spiro atoms. The molecule has 0 amide bonds. The van der Waals surface area contributed by atoms with Crippen LogP contribution in [0.5, 0.6) is 0 Å². The Morgan fingerprint density at radius 2 is 1.36 bits per heavy atom. The van der Waals surface area contributed by atoms with Crippen molar-refractivity contribution in [2.45, 2.75) is 31.0 Å². The molecule has 12 nitrogen and oxygen atoms in total. The number of benzene rings is 3. The van der Waals surface area contributed by atoms with Crippen molar-refractivity contribution in [1.82, 2.24) is 14.8 Å². The van der Waals surface area contributed by atoms with Gasteiger partial charge in [0.25, 0.3) is 5.56 Å². The van der Waals surface area contributed by atoms with Gasteiger partial charge in [-0.05, 0) is 43.3 Å². The van der Waals surface area contributed by atoms with Crippen molar-refractivity contribution in [1.29, 1.82) is 0 Å². The van der Waals surface area contributed by atoms with E-state index in [4.69, 9.17) is 18.9 Å². The summed E-state index contributed by atoms with van der Waals surface area (Å²) in [7, 11) is 0. The van der Waals surface area contributed by atoms with Gasteiger partial charge in [0.05, 0.1) is 16.7 Å². The number of carbonyl (C=O) groups is 3. The van der Waals surface area contributed by atoms with Gasteiger partial charge in [0.15, 0.2) is 17.9 Å². The molecule has 12 heteroatoms. The minimum Gasteiger partial charge on any atom is -0.459 e. The molecule has 1 N–H and O–H groups in total. The molecule has 0 unspecified atom stereocenters. The molecule has 0 saturated carbocycles. The average molecular weight is 572 g/mol. The number of esters is 3. The third kappa shape index (κ3) is 5.88. The molecule has 1 aromatic heterocycles. The fourth-order valence-electron chi connectivity index (χ4n) is 4.55. The number of nitrogens with one attached hydrogen (secondary N) is 1. The van der Waals surface area contributed by atoms with Gasteiger partial charge in [-0.25, -0.2) is 19.2 Å². The molecule has 1 aliphatic rings. The fourth-order valence-corrected chi connectivity index (χ4v) is 4.55. The maximum Gasteiger partial charge on any atom is 0.347 e. The maximum absolute atomic E-state index is 13.3. The summed E-state index contributed by atoms with van der Waals surface area (Å²) in [4.78, 5) is 65.9. The molecule has 5 rings (SSSR count). The summed E-state index contributed by atoms with van der Waals surface area (Å²) in [6.45, 7) is 0.952. The van der Waals surface area contributed by atoms with Crippen LogP contribution in [-0.2, 0) is 18.9 Å². The second-order valence-corrected chi connectivity index (χ2v) is 9.51. The largest absolute Gasteiger partial charge is 0.459 e. The Balaban J connectivity index is 1.54. The van der Waals surface area contributed by atoms with Crippen LogP contribution in [0.2, 0.25) is 0 Å². The van der Waals surface area contributed by atoms with Crippen LogP contribution in [0.25, 0.3) is 0 Å². The van der Waals surface area contributed by atoms with Crippen molar-refractivity contribution in [2.24, 2.45) is 0 Å². The predicted molar refractivity (Wildman–Crippen MR) is 146 cm³/mol. The highest BCUT2D eigenvalue weighted by molar-refractivity contribution is 5.91. The third-order valence-corrected chi connectivity index (χ3v) is 6.61. The Morgan fingerprint density at radius 1 is 0.833 bits per heavy atom. The third-order valence-electron chi connectivity index (χ3n) is 6.61. The van der Waals surface area contributed by atoms with Gasteiger partial charge >= 0.3 is 23.6 Å². The minimum atomic E-state index is -1.91. The molecule has 1 fully saturated rings. The van der Waals surface area contributed by atoms with Crippen LogP contribution in [0.1, 0.15) is 44.2 Å². The molecule has 4 atom stereocenters. The number of nitrogens with zero attached hydrogens (tertiary/aromatic N) is 2. The zero-order chi connectivity index (χ0) is 29.7. The Labute approximate surface area is 238 Å². The highest BCUT2D eigenvalue weighted by Gasteiger charge is 2.61. The molecule has 214 valence electrons. The van der Waals surface area contributed by atoms with Crippen LogP contribution in [-0.4, -0.2) is 57.1 Å². The first-order chi connectivity index (χ1) is 20.3. The zero-order valence-electron chi connectivity index (χ0n) is 22.2. The van der Waals surface area contributed by atoms with Gasteiger partial charge in [-0.2, -0.15) is 9.78 Å². The maximum atomic E-state index is 13.3. The summed E-state index contributed by atoms with van der Waals surface area (Å²) in [5, 5.41) is 3.88. The molecular weight excluding hydrogens is 546 g/mol. The molecule has 42 heavy (non-hydrogen) atoms. The molecule has 1 aliphatic heterocycles. The lowest BCUT2D eigenvalue weighted by molar-refractivity contribution is -0.116. The van der Waals surface area contributed by atoms with Crippen LogP contribution in [0.15, 0.2) is 107 Å². The van der Waals surface area contributed by atoms with Crippen molar-refractivity contribution >= 4 is 17.9 Å². The molecule has 3 aromatic carbocycles. The average Bonchev–Trinajstić information content (AvgIpc) is 3.27. The van der Waals surface area contributed by atoms with Crippen molar-refractivity contribution in [3.8, 4) is 0 Å². The van der Waals surface area contributed by atoms with Crippen molar-refractivity contribution in [2.75, 3.05) is 6.61 Å². The second-order valence-electron chi connectivity index (χ2n) is 9.51. The van der Waals surface area contributed by atoms with E-state index in [2.05, 4.69) is 10.1 Å². The molecule has 1 saturated heterocycles. The number of aromatic nitrogens is 3. The Kier molecular flexibility index (Phi) is 8.07. The van der Waals surface area contributed by atoms with Gasteiger partial charge in [0, 0.05) is 0 Å². The lowest BCUT2D eigenvalue weighted by Crippen LogP contribution is -2.52. The quantitative estimate of drug-likeness (QED) is 0.246. The molecule has 4 aromatic rings. The van der Waals surface area contributed by atoms with E-state index in [9.17, 15) is 24.0 Å². The topological polar surface area (TPSA) is 156 Å². The first-order valence-electron chi connectivity index (χ1n) is 12.9. The van der Waals surface area contributed by atoms with Crippen LogP contribution >= 0.6 is 0 Å². The van der Waals surface area contributed by atoms with Crippen LogP contribution in [0, 0.1) is 0 Å².